The highest BCUT2D eigenvalue weighted by molar-refractivity contribution is 5.83. The van der Waals surface area contributed by atoms with Gasteiger partial charge in [-0.1, -0.05) is 12.1 Å². The molecule has 154 valence electrons. The SMILES string of the molecule is Cc1cc(=O)n(Cc2cc(=O)n3ccccc3n2)c2c1c(C)nn2-c1cccc(F)c1. The molecule has 0 aliphatic carbocycles. The molecule has 1 aromatic carbocycles. The van der Waals surface area contributed by atoms with Crippen molar-refractivity contribution >= 4 is 16.7 Å². The molecular formula is C23H18FN5O2. The third kappa shape index (κ3) is 3.13. The Kier molecular flexibility index (Phi) is 4.28. The second kappa shape index (κ2) is 7.02. The van der Waals surface area contributed by atoms with Crippen LogP contribution in [-0.2, 0) is 6.54 Å². The van der Waals surface area contributed by atoms with Gasteiger partial charge in [-0.15, -0.1) is 0 Å². The van der Waals surface area contributed by atoms with Crippen LogP contribution in [0.25, 0.3) is 22.4 Å². The average molecular weight is 415 g/mol. The second-order valence-corrected chi connectivity index (χ2v) is 7.44. The van der Waals surface area contributed by atoms with Crippen molar-refractivity contribution in [3.63, 3.8) is 0 Å². The van der Waals surface area contributed by atoms with Crippen molar-refractivity contribution in [2.75, 3.05) is 0 Å². The molecule has 0 unspecified atom stereocenters. The van der Waals surface area contributed by atoms with E-state index >= 15 is 0 Å². The molecule has 0 spiro atoms. The lowest BCUT2D eigenvalue weighted by atomic mass is 10.1. The van der Waals surface area contributed by atoms with Crippen molar-refractivity contribution in [2.45, 2.75) is 20.4 Å². The molecule has 5 aromatic rings. The van der Waals surface area contributed by atoms with Crippen molar-refractivity contribution in [3.8, 4) is 5.69 Å². The zero-order valence-electron chi connectivity index (χ0n) is 16.9. The molecule has 0 amide bonds. The van der Waals surface area contributed by atoms with Crippen molar-refractivity contribution in [2.24, 2.45) is 0 Å². The molecule has 4 heterocycles. The van der Waals surface area contributed by atoms with Gasteiger partial charge >= 0.3 is 0 Å². The van der Waals surface area contributed by atoms with Crippen LogP contribution >= 0.6 is 0 Å². The molecule has 0 aliphatic heterocycles. The van der Waals surface area contributed by atoms with Gasteiger partial charge < -0.3 is 0 Å². The van der Waals surface area contributed by atoms with E-state index in [1.165, 1.54) is 27.2 Å². The number of benzene rings is 1. The van der Waals surface area contributed by atoms with Gasteiger partial charge in [0, 0.05) is 23.7 Å². The molecule has 0 saturated heterocycles. The minimum atomic E-state index is -0.399. The molecule has 0 radical (unpaired) electrons. The van der Waals surface area contributed by atoms with Crippen LogP contribution in [0.4, 0.5) is 4.39 Å². The molecule has 0 saturated carbocycles. The van der Waals surface area contributed by atoms with Gasteiger partial charge in [0.2, 0.25) is 0 Å². The lowest BCUT2D eigenvalue weighted by Gasteiger charge is -2.12. The normalized spacial score (nSPS) is 11.5. The number of aromatic nitrogens is 5. The summed E-state index contributed by atoms with van der Waals surface area (Å²) in [5.41, 5.74) is 3.00. The van der Waals surface area contributed by atoms with Crippen molar-refractivity contribution in [3.05, 3.63) is 104 Å². The molecule has 7 nitrogen and oxygen atoms in total. The van der Waals surface area contributed by atoms with E-state index in [-0.39, 0.29) is 17.7 Å². The maximum Gasteiger partial charge on any atom is 0.258 e. The van der Waals surface area contributed by atoms with Crippen molar-refractivity contribution in [1.29, 1.82) is 0 Å². The Labute approximate surface area is 175 Å². The van der Waals surface area contributed by atoms with Gasteiger partial charge in [0.05, 0.1) is 23.6 Å². The highest BCUT2D eigenvalue weighted by atomic mass is 19.1. The van der Waals surface area contributed by atoms with E-state index in [2.05, 4.69) is 10.1 Å². The lowest BCUT2D eigenvalue weighted by molar-refractivity contribution is 0.625. The number of rotatable bonds is 3. The fraction of sp³-hybridized carbons (Fsp3) is 0.130. The first kappa shape index (κ1) is 18.9. The molecule has 0 fully saturated rings. The zero-order chi connectivity index (χ0) is 21.7. The van der Waals surface area contributed by atoms with Crippen molar-refractivity contribution in [1.82, 2.24) is 23.7 Å². The summed E-state index contributed by atoms with van der Waals surface area (Å²) in [4.78, 5) is 30.0. The topological polar surface area (TPSA) is 74.2 Å². The van der Waals surface area contributed by atoms with E-state index in [4.69, 9.17) is 0 Å². The molecule has 0 atom stereocenters. The largest absolute Gasteiger partial charge is 0.286 e. The molecule has 0 aliphatic rings. The number of nitrogens with zero attached hydrogens (tertiary/aromatic N) is 5. The van der Waals surface area contributed by atoms with Crippen LogP contribution in [0.1, 0.15) is 17.0 Å². The van der Waals surface area contributed by atoms with E-state index in [1.807, 2.05) is 13.8 Å². The Balaban J connectivity index is 1.78. The molecule has 4 aromatic heterocycles. The summed E-state index contributed by atoms with van der Waals surface area (Å²) >= 11 is 0. The number of fused-ring (bicyclic) bond motifs is 2. The summed E-state index contributed by atoms with van der Waals surface area (Å²) in [5.74, 6) is -0.399. The Bertz CT molecular complexity index is 1600. The van der Waals surface area contributed by atoms with Crippen LogP contribution in [0.5, 0.6) is 0 Å². The first-order valence-corrected chi connectivity index (χ1v) is 9.75. The first-order chi connectivity index (χ1) is 14.9. The monoisotopic (exact) mass is 415 g/mol. The van der Waals surface area contributed by atoms with E-state index in [1.54, 1.807) is 47.3 Å². The van der Waals surface area contributed by atoms with E-state index < -0.39 is 5.82 Å². The highest BCUT2D eigenvalue weighted by Gasteiger charge is 2.18. The average Bonchev–Trinajstić information content (AvgIpc) is 3.09. The summed E-state index contributed by atoms with van der Waals surface area (Å²) in [6.07, 6.45) is 1.65. The molecular weight excluding hydrogens is 397 g/mol. The maximum atomic E-state index is 13.9. The predicted octanol–water partition coefficient (Wildman–Crippen LogP) is 3.00. The molecule has 0 bridgehead atoms. The van der Waals surface area contributed by atoms with Gasteiger partial charge in [0.15, 0.2) is 0 Å². The van der Waals surface area contributed by atoms with Gasteiger partial charge in [-0.05, 0) is 49.7 Å². The number of halogens is 1. The standard InChI is InChI=1S/C23H18FN5O2/c1-14-10-20(30)28(13-17-12-21(31)27-9-4-3-8-19(27)25-17)23-22(14)15(2)26-29(23)18-7-5-6-16(24)11-18/h3-12H,13H2,1-2H3. The highest BCUT2D eigenvalue weighted by Crippen LogP contribution is 2.24. The Hall–Kier alpha value is -4.07. The summed E-state index contributed by atoms with van der Waals surface area (Å²) in [5, 5.41) is 5.38. The Morgan fingerprint density at radius 3 is 2.61 bits per heavy atom. The summed E-state index contributed by atoms with van der Waals surface area (Å²) < 4.78 is 18.4. The van der Waals surface area contributed by atoms with Crippen LogP contribution in [0, 0.1) is 19.7 Å². The first-order valence-electron chi connectivity index (χ1n) is 9.75. The fourth-order valence-electron chi connectivity index (χ4n) is 3.95. The third-order valence-electron chi connectivity index (χ3n) is 5.29. The smallest absolute Gasteiger partial charge is 0.258 e. The fourth-order valence-corrected chi connectivity index (χ4v) is 3.95. The molecule has 8 heteroatoms. The number of hydrogen-bond acceptors (Lipinski definition) is 4. The van der Waals surface area contributed by atoms with Crippen LogP contribution in [0.3, 0.4) is 0 Å². The van der Waals surface area contributed by atoms with Gasteiger partial charge in [0.25, 0.3) is 11.1 Å². The predicted molar refractivity (Wildman–Crippen MR) is 115 cm³/mol. The quantitative estimate of drug-likeness (QED) is 0.454. The number of aryl methyl sites for hydroxylation is 2. The zero-order valence-corrected chi connectivity index (χ0v) is 16.9. The van der Waals surface area contributed by atoms with Crippen LogP contribution in [0.2, 0.25) is 0 Å². The molecule has 31 heavy (non-hydrogen) atoms. The number of pyridine rings is 2. The second-order valence-electron chi connectivity index (χ2n) is 7.44. The van der Waals surface area contributed by atoms with Gasteiger partial charge in [0.1, 0.15) is 17.1 Å². The Morgan fingerprint density at radius 2 is 1.81 bits per heavy atom. The lowest BCUT2D eigenvalue weighted by Crippen LogP contribution is -2.24. The molecule has 0 N–H and O–H groups in total. The van der Waals surface area contributed by atoms with Gasteiger partial charge in [-0.25, -0.2) is 14.1 Å². The van der Waals surface area contributed by atoms with Gasteiger partial charge in [-0.2, -0.15) is 5.10 Å². The minimum Gasteiger partial charge on any atom is -0.286 e. The van der Waals surface area contributed by atoms with Crippen LogP contribution in [-0.4, -0.2) is 23.7 Å². The third-order valence-corrected chi connectivity index (χ3v) is 5.29. The van der Waals surface area contributed by atoms with Gasteiger partial charge in [-0.3, -0.25) is 18.6 Å². The summed E-state index contributed by atoms with van der Waals surface area (Å²) in [6.45, 7) is 3.77. The maximum absolute atomic E-state index is 13.9. The van der Waals surface area contributed by atoms with E-state index in [0.29, 0.717) is 22.7 Å². The van der Waals surface area contributed by atoms with Crippen molar-refractivity contribution < 1.29 is 4.39 Å². The van der Waals surface area contributed by atoms with Crippen LogP contribution < -0.4 is 11.1 Å². The van der Waals surface area contributed by atoms with E-state index in [9.17, 15) is 14.0 Å². The van der Waals surface area contributed by atoms with E-state index in [0.717, 1.165) is 16.6 Å². The minimum absolute atomic E-state index is 0.0801. The Morgan fingerprint density at radius 1 is 0.968 bits per heavy atom. The summed E-state index contributed by atoms with van der Waals surface area (Å²) in [7, 11) is 0. The molecule has 5 rings (SSSR count). The van der Waals surface area contributed by atoms with Crippen LogP contribution in [0.15, 0.2) is 70.4 Å². The summed E-state index contributed by atoms with van der Waals surface area (Å²) in [6, 6.07) is 14.3. The number of hydrogen-bond donors (Lipinski definition) is 0.